The number of aryl methyl sites for hydroxylation is 1. The number of aromatic nitrogens is 3. The normalized spacial score (nSPS) is 21.7. The molecular weight excluding hydrogens is 324 g/mol. The smallest absolute Gasteiger partial charge is 0.315 e. The summed E-state index contributed by atoms with van der Waals surface area (Å²) in [4.78, 5) is 19.0. The van der Waals surface area contributed by atoms with Crippen LogP contribution in [0.3, 0.4) is 0 Å². The van der Waals surface area contributed by atoms with E-state index in [0.29, 0.717) is 5.92 Å². The Morgan fingerprint density at radius 2 is 2.29 bits per heavy atom. The summed E-state index contributed by atoms with van der Waals surface area (Å²) in [5.41, 5.74) is 1.11. The maximum absolute atomic E-state index is 12.4. The minimum atomic E-state index is -0.0832. The van der Waals surface area contributed by atoms with Crippen LogP contribution in [0.1, 0.15) is 30.3 Å². The highest BCUT2D eigenvalue weighted by Gasteiger charge is 2.35. The van der Waals surface area contributed by atoms with Gasteiger partial charge < -0.3 is 15.5 Å². The molecule has 2 aliphatic rings. The number of thiazole rings is 1. The van der Waals surface area contributed by atoms with Gasteiger partial charge in [0.2, 0.25) is 0 Å². The summed E-state index contributed by atoms with van der Waals surface area (Å²) >= 11 is 1.61. The Balaban J connectivity index is 1.31. The first kappa shape index (κ1) is 15.4. The molecule has 4 rings (SSSR count). The van der Waals surface area contributed by atoms with E-state index < -0.39 is 0 Å². The molecule has 0 bridgehead atoms. The lowest BCUT2D eigenvalue weighted by Crippen LogP contribution is -2.45. The summed E-state index contributed by atoms with van der Waals surface area (Å²) < 4.78 is 1.80. The third-order valence-corrected chi connectivity index (χ3v) is 5.54. The second kappa shape index (κ2) is 6.43. The summed E-state index contributed by atoms with van der Waals surface area (Å²) in [6.45, 7) is 1.76. The first-order valence-corrected chi connectivity index (χ1v) is 9.27. The Kier molecular flexibility index (Phi) is 4.13. The third kappa shape index (κ3) is 3.38. The first-order chi connectivity index (χ1) is 11.7. The van der Waals surface area contributed by atoms with E-state index in [0.717, 1.165) is 30.2 Å². The molecule has 0 unspecified atom stereocenters. The second-order valence-corrected chi connectivity index (χ2v) is 7.53. The standard InChI is InChI=1S/C16H22N6OS/c1-21-10-13(8-18-21)22-6-4-12(9-22)19-16(23)20-14(11-2-3-11)15-17-5-7-24-15/h5,7-8,10-12,14H,2-4,6,9H2,1H3,(H2,19,20,23)/t12-,14-/m1/s1. The molecule has 1 saturated carbocycles. The number of carbonyl (C=O) groups excluding carboxylic acids is 1. The van der Waals surface area contributed by atoms with Gasteiger partial charge in [0.05, 0.1) is 17.9 Å². The zero-order valence-electron chi connectivity index (χ0n) is 13.7. The van der Waals surface area contributed by atoms with Crippen LogP contribution in [0, 0.1) is 5.92 Å². The number of anilines is 1. The molecule has 128 valence electrons. The molecule has 3 heterocycles. The Bertz CT molecular complexity index is 695. The van der Waals surface area contributed by atoms with E-state index in [2.05, 4.69) is 25.6 Å². The number of nitrogens with one attached hydrogen (secondary N) is 2. The van der Waals surface area contributed by atoms with Crippen LogP contribution in [0.5, 0.6) is 0 Å². The number of carbonyl (C=O) groups is 1. The Hall–Kier alpha value is -2.09. The van der Waals surface area contributed by atoms with Gasteiger partial charge in [-0.25, -0.2) is 9.78 Å². The van der Waals surface area contributed by atoms with Gasteiger partial charge in [-0.3, -0.25) is 4.68 Å². The molecule has 2 fully saturated rings. The SMILES string of the molecule is Cn1cc(N2CC[C@@H](NC(=O)N[C@@H](c3nccs3)C3CC3)C2)cn1. The monoisotopic (exact) mass is 346 g/mol. The fraction of sp³-hybridized carbons (Fsp3) is 0.562. The van der Waals surface area contributed by atoms with Crippen LogP contribution in [-0.4, -0.2) is 39.9 Å². The quantitative estimate of drug-likeness (QED) is 0.867. The second-order valence-electron chi connectivity index (χ2n) is 6.61. The van der Waals surface area contributed by atoms with Gasteiger partial charge in [-0.1, -0.05) is 0 Å². The Morgan fingerprint density at radius 3 is 2.96 bits per heavy atom. The molecule has 2 aromatic rings. The van der Waals surface area contributed by atoms with Crippen LogP contribution in [0.2, 0.25) is 0 Å². The fourth-order valence-electron chi connectivity index (χ4n) is 3.25. The van der Waals surface area contributed by atoms with Crippen molar-refractivity contribution in [2.75, 3.05) is 18.0 Å². The van der Waals surface area contributed by atoms with E-state index in [1.807, 2.05) is 24.8 Å². The van der Waals surface area contributed by atoms with Gasteiger partial charge in [0.1, 0.15) is 5.01 Å². The van der Waals surface area contributed by atoms with Crippen molar-refractivity contribution in [3.8, 4) is 0 Å². The van der Waals surface area contributed by atoms with E-state index in [9.17, 15) is 4.79 Å². The van der Waals surface area contributed by atoms with Gasteiger partial charge in [0.25, 0.3) is 0 Å². The first-order valence-electron chi connectivity index (χ1n) is 8.39. The van der Waals surface area contributed by atoms with Gasteiger partial charge in [-0.15, -0.1) is 11.3 Å². The third-order valence-electron chi connectivity index (χ3n) is 4.68. The van der Waals surface area contributed by atoms with Gasteiger partial charge in [-0.05, 0) is 25.2 Å². The molecular formula is C16H22N6OS. The fourth-order valence-corrected chi connectivity index (χ4v) is 4.03. The van der Waals surface area contributed by atoms with Gasteiger partial charge in [0.15, 0.2) is 0 Å². The summed E-state index contributed by atoms with van der Waals surface area (Å²) in [5, 5.41) is 13.4. The summed E-state index contributed by atoms with van der Waals surface area (Å²) in [7, 11) is 1.92. The number of amides is 2. The average molecular weight is 346 g/mol. The molecule has 2 N–H and O–H groups in total. The van der Waals surface area contributed by atoms with Gasteiger partial charge in [0, 0.05) is 44.0 Å². The summed E-state index contributed by atoms with van der Waals surface area (Å²) in [6.07, 6.45) is 8.97. The molecule has 2 atom stereocenters. The lowest BCUT2D eigenvalue weighted by Gasteiger charge is -2.20. The van der Waals surface area contributed by atoms with Gasteiger partial charge >= 0.3 is 6.03 Å². The van der Waals surface area contributed by atoms with Crippen molar-refractivity contribution in [3.63, 3.8) is 0 Å². The number of hydrogen-bond acceptors (Lipinski definition) is 5. The van der Waals surface area contributed by atoms with Crippen LogP contribution >= 0.6 is 11.3 Å². The van der Waals surface area contributed by atoms with Crippen LogP contribution in [0.15, 0.2) is 24.0 Å². The molecule has 8 heteroatoms. The van der Waals surface area contributed by atoms with Crippen molar-refractivity contribution in [3.05, 3.63) is 29.0 Å². The molecule has 0 aromatic carbocycles. The van der Waals surface area contributed by atoms with Crippen LogP contribution in [-0.2, 0) is 7.05 Å². The van der Waals surface area contributed by atoms with E-state index in [1.54, 1.807) is 22.2 Å². The number of urea groups is 1. The number of rotatable bonds is 5. The van der Waals surface area contributed by atoms with Crippen molar-refractivity contribution in [2.24, 2.45) is 13.0 Å². The number of nitrogens with zero attached hydrogens (tertiary/aromatic N) is 4. The van der Waals surface area contributed by atoms with E-state index in [4.69, 9.17) is 0 Å². The average Bonchev–Trinajstić information content (AvgIpc) is 2.95. The molecule has 1 aliphatic carbocycles. The molecule has 0 spiro atoms. The van der Waals surface area contributed by atoms with Crippen LogP contribution in [0.4, 0.5) is 10.5 Å². The van der Waals surface area contributed by atoms with E-state index in [-0.39, 0.29) is 18.1 Å². The van der Waals surface area contributed by atoms with Crippen LogP contribution < -0.4 is 15.5 Å². The maximum atomic E-state index is 12.4. The molecule has 1 aliphatic heterocycles. The number of hydrogen-bond donors (Lipinski definition) is 2. The molecule has 0 radical (unpaired) electrons. The minimum absolute atomic E-state index is 0.0563. The lowest BCUT2D eigenvalue weighted by molar-refractivity contribution is 0.232. The van der Waals surface area contributed by atoms with Crippen molar-refractivity contribution >= 4 is 23.1 Å². The minimum Gasteiger partial charge on any atom is -0.367 e. The van der Waals surface area contributed by atoms with Crippen LogP contribution in [0.25, 0.3) is 0 Å². The van der Waals surface area contributed by atoms with Crippen molar-refractivity contribution in [1.29, 1.82) is 0 Å². The predicted octanol–water partition coefficient (Wildman–Crippen LogP) is 1.91. The molecule has 7 nitrogen and oxygen atoms in total. The Morgan fingerprint density at radius 1 is 1.42 bits per heavy atom. The zero-order chi connectivity index (χ0) is 16.5. The molecule has 24 heavy (non-hydrogen) atoms. The highest BCUT2D eigenvalue weighted by molar-refractivity contribution is 7.09. The highest BCUT2D eigenvalue weighted by Crippen LogP contribution is 2.41. The lowest BCUT2D eigenvalue weighted by atomic mass is 10.2. The zero-order valence-corrected chi connectivity index (χ0v) is 14.5. The molecule has 1 saturated heterocycles. The molecule has 2 amide bonds. The Labute approximate surface area is 145 Å². The van der Waals surface area contributed by atoms with Crippen molar-refractivity contribution in [1.82, 2.24) is 25.4 Å². The topological polar surface area (TPSA) is 75.1 Å². The van der Waals surface area contributed by atoms with E-state index >= 15 is 0 Å². The molecule has 2 aromatic heterocycles. The van der Waals surface area contributed by atoms with Gasteiger partial charge in [-0.2, -0.15) is 5.10 Å². The summed E-state index contributed by atoms with van der Waals surface area (Å²) in [6, 6.07) is 0.141. The maximum Gasteiger partial charge on any atom is 0.315 e. The van der Waals surface area contributed by atoms with Crippen molar-refractivity contribution in [2.45, 2.75) is 31.3 Å². The predicted molar refractivity (Wildman–Crippen MR) is 93.1 cm³/mol. The van der Waals surface area contributed by atoms with Crippen molar-refractivity contribution < 1.29 is 4.79 Å². The van der Waals surface area contributed by atoms with E-state index in [1.165, 1.54) is 12.8 Å². The largest absolute Gasteiger partial charge is 0.367 e. The highest BCUT2D eigenvalue weighted by atomic mass is 32.1. The summed E-state index contributed by atoms with van der Waals surface area (Å²) in [5.74, 6) is 0.539.